The molecule has 0 fully saturated rings. The maximum atomic E-state index is 3.67. The van der Waals surface area contributed by atoms with Crippen LogP contribution in [0.2, 0.25) is 0 Å². The molecule has 0 aliphatic carbocycles. The van der Waals surface area contributed by atoms with Gasteiger partial charge in [-0.2, -0.15) is 0 Å². The fourth-order valence-electron chi connectivity index (χ4n) is 7.35. The van der Waals surface area contributed by atoms with Gasteiger partial charge in [0, 0.05) is 25.7 Å². The molecule has 0 heteroatoms. The van der Waals surface area contributed by atoms with Crippen LogP contribution in [0.5, 0.6) is 0 Å². The topological polar surface area (TPSA) is 0 Å². The molecular formula is C44H62. The van der Waals surface area contributed by atoms with Crippen LogP contribution in [0.25, 0.3) is 21.5 Å². The average molecular weight is 591 g/mol. The lowest BCUT2D eigenvalue weighted by atomic mass is 9.79. The maximum absolute atomic E-state index is 3.67. The minimum Gasteiger partial charge on any atom is -0.103 e. The minimum absolute atomic E-state index is 0.859. The van der Waals surface area contributed by atoms with E-state index in [0.29, 0.717) is 0 Å². The van der Waals surface area contributed by atoms with Crippen LogP contribution in [0.1, 0.15) is 164 Å². The molecule has 0 aliphatic heterocycles. The van der Waals surface area contributed by atoms with E-state index in [4.69, 9.17) is 0 Å². The van der Waals surface area contributed by atoms with Gasteiger partial charge in [-0.25, -0.2) is 0 Å². The van der Waals surface area contributed by atoms with E-state index in [9.17, 15) is 0 Å². The zero-order valence-corrected chi connectivity index (χ0v) is 29.9. The number of rotatable bonds is 16. The second-order valence-corrected chi connectivity index (χ2v) is 12.7. The van der Waals surface area contributed by atoms with Gasteiger partial charge in [-0.1, -0.05) is 92.9 Å². The number of hydrogen-bond acceptors (Lipinski definition) is 0. The minimum atomic E-state index is 0.859. The summed E-state index contributed by atoms with van der Waals surface area (Å²) in [6.45, 7) is 18.6. The molecule has 0 amide bonds. The summed E-state index contributed by atoms with van der Waals surface area (Å²) < 4.78 is 0. The molecule has 0 spiro atoms. The predicted molar refractivity (Wildman–Crippen MR) is 198 cm³/mol. The molecule has 3 aromatic carbocycles. The van der Waals surface area contributed by atoms with Crippen molar-refractivity contribution >= 4 is 21.5 Å². The van der Waals surface area contributed by atoms with Crippen LogP contribution in [-0.4, -0.2) is 0 Å². The zero-order chi connectivity index (χ0) is 31.9. The van der Waals surface area contributed by atoms with Crippen molar-refractivity contribution in [1.82, 2.24) is 0 Å². The van der Waals surface area contributed by atoms with Gasteiger partial charge >= 0.3 is 0 Å². The van der Waals surface area contributed by atoms with Crippen molar-refractivity contribution in [2.24, 2.45) is 0 Å². The van der Waals surface area contributed by atoms with Crippen LogP contribution in [0.3, 0.4) is 0 Å². The highest BCUT2D eigenvalue weighted by Crippen LogP contribution is 2.40. The Morgan fingerprint density at radius 3 is 1.02 bits per heavy atom. The number of fused-ring (bicyclic) bond motifs is 2. The summed E-state index contributed by atoms with van der Waals surface area (Å²) in [7, 11) is 0. The molecule has 44 heavy (non-hydrogen) atoms. The standard InChI is InChI=1S/C44H62/c1-9-17-21-23-25-29-37-38(30-26-24-22-18-10-2)40(28-20-12-4)44-32-42-36(16-8)34(14-6)33(13-5)35(15-7)41(42)31-43(44)39(37)27-19-11-3/h31-32H,9-22,27-30H2,1-8H3. The summed E-state index contributed by atoms with van der Waals surface area (Å²) in [5, 5.41) is 6.04. The van der Waals surface area contributed by atoms with Gasteiger partial charge in [-0.3, -0.25) is 0 Å². The lowest BCUT2D eigenvalue weighted by molar-refractivity contribution is 0.781. The molecule has 3 rings (SSSR count). The predicted octanol–water partition coefficient (Wildman–Crippen LogP) is 12.4. The largest absolute Gasteiger partial charge is 0.103 e. The van der Waals surface area contributed by atoms with Crippen LogP contribution in [-0.2, 0) is 51.4 Å². The molecule has 0 radical (unpaired) electrons. The molecule has 0 bridgehead atoms. The lowest BCUT2D eigenvalue weighted by Crippen LogP contribution is -2.09. The SMILES string of the molecule is CCCCC#CCc1c(CC#CCCCC)c(CCCC)c2cc3c(CC)c(CC)c(CC)c(CC)c3cc2c1CCCC. The van der Waals surface area contributed by atoms with Crippen molar-refractivity contribution in [3.05, 3.63) is 56.6 Å². The number of aryl methyl sites for hydroxylation is 4. The monoisotopic (exact) mass is 590 g/mol. The Hall–Kier alpha value is -2.70. The van der Waals surface area contributed by atoms with Crippen LogP contribution >= 0.6 is 0 Å². The molecule has 0 saturated heterocycles. The van der Waals surface area contributed by atoms with Gasteiger partial charge in [-0.05, 0) is 142 Å². The van der Waals surface area contributed by atoms with Gasteiger partial charge in [0.1, 0.15) is 0 Å². The quantitative estimate of drug-likeness (QED) is 0.0884. The van der Waals surface area contributed by atoms with Crippen molar-refractivity contribution in [2.75, 3.05) is 0 Å². The molecular weight excluding hydrogens is 528 g/mol. The third-order valence-electron chi connectivity index (χ3n) is 9.71. The summed E-state index contributed by atoms with van der Waals surface area (Å²) in [6.07, 6.45) is 20.1. The fraction of sp³-hybridized carbons (Fsp3) is 0.591. The van der Waals surface area contributed by atoms with Crippen LogP contribution < -0.4 is 0 Å². The molecule has 238 valence electrons. The molecule has 0 nitrogen and oxygen atoms in total. The van der Waals surface area contributed by atoms with Crippen molar-refractivity contribution in [2.45, 2.75) is 171 Å². The van der Waals surface area contributed by atoms with Gasteiger partial charge in [0.25, 0.3) is 0 Å². The second kappa shape index (κ2) is 19.0. The highest BCUT2D eigenvalue weighted by atomic mass is 14.3. The summed E-state index contributed by atoms with van der Waals surface area (Å²) >= 11 is 0. The van der Waals surface area contributed by atoms with Gasteiger partial charge in [0.15, 0.2) is 0 Å². The molecule has 0 saturated carbocycles. The highest BCUT2D eigenvalue weighted by molar-refractivity contribution is 6.05. The highest BCUT2D eigenvalue weighted by Gasteiger charge is 2.22. The molecule has 0 atom stereocenters. The fourth-order valence-corrected chi connectivity index (χ4v) is 7.35. The van der Waals surface area contributed by atoms with E-state index in [2.05, 4.69) is 91.2 Å². The van der Waals surface area contributed by atoms with Crippen molar-refractivity contribution in [3.63, 3.8) is 0 Å². The zero-order valence-electron chi connectivity index (χ0n) is 29.9. The molecule has 0 aliphatic rings. The van der Waals surface area contributed by atoms with Gasteiger partial charge in [0.05, 0.1) is 0 Å². The molecule has 3 aromatic rings. The van der Waals surface area contributed by atoms with E-state index in [-0.39, 0.29) is 0 Å². The van der Waals surface area contributed by atoms with Crippen molar-refractivity contribution in [1.29, 1.82) is 0 Å². The number of benzene rings is 3. The normalized spacial score (nSPS) is 11.1. The first kappa shape index (κ1) is 35.8. The second-order valence-electron chi connectivity index (χ2n) is 12.7. The Morgan fingerprint density at radius 1 is 0.364 bits per heavy atom. The molecule has 0 heterocycles. The van der Waals surface area contributed by atoms with E-state index in [0.717, 1.165) is 64.2 Å². The third kappa shape index (κ3) is 8.31. The average Bonchev–Trinajstić information content (AvgIpc) is 3.04. The van der Waals surface area contributed by atoms with Crippen LogP contribution in [0.4, 0.5) is 0 Å². The summed E-state index contributed by atoms with van der Waals surface area (Å²) in [5.41, 5.74) is 12.6. The Bertz CT molecular complexity index is 1380. The van der Waals surface area contributed by atoms with E-state index >= 15 is 0 Å². The van der Waals surface area contributed by atoms with Crippen molar-refractivity contribution < 1.29 is 0 Å². The van der Waals surface area contributed by atoms with E-state index in [1.807, 2.05) is 0 Å². The summed E-state index contributed by atoms with van der Waals surface area (Å²) in [4.78, 5) is 0. The van der Waals surface area contributed by atoms with Crippen LogP contribution in [0, 0.1) is 23.7 Å². The first-order chi connectivity index (χ1) is 21.6. The first-order valence-corrected chi connectivity index (χ1v) is 18.6. The van der Waals surface area contributed by atoms with Crippen molar-refractivity contribution in [3.8, 4) is 23.7 Å². The van der Waals surface area contributed by atoms with Gasteiger partial charge in [0.2, 0.25) is 0 Å². The Balaban J connectivity index is 2.53. The summed E-state index contributed by atoms with van der Waals surface area (Å²) in [6, 6.07) is 5.29. The third-order valence-corrected chi connectivity index (χ3v) is 9.71. The molecule has 0 aromatic heterocycles. The first-order valence-electron chi connectivity index (χ1n) is 18.6. The van der Waals surface area contributed by atoms with Crippen LogP contribution in [0.15, 0.2) is 12.1 Å². The molecule has 0 unspecified atom stereocenters. The van der Waals surface area contributed by atoms with E-state index in [1.165, 1.54) is 84.0 Å². The Morgan fingerprint density at radius 2 is 0.705 bits per heavy atom. The Labute approximate surface area is 272 Å². The lowest BCUT2D eigenvalue weighted by Gasteiger charge is -2.25. The van der Waals surface area contributed by atoms with E-state index < -0.39 is 0 Å². The molecule has 0 N–H and O–H groups in total. The summed E-state index contributed by atoms with van der Waals surface area (Å²) in [5.74, 6) is 14.4. The number of unbranched alkanes of at least 4 members (excludes halogenated alkanes) is 6. The van der Waals surface area contributed by atoms with E-state index in [1.54, 1.807) is 33.4 Å². The maximum Gasteiger partial charge on any atom is 0.0346 e. The Kier molecular flexibility index (Phi) is 15.4. The van der Waals surface area contributed by atoms with Gasteiger partial charge in [-0.15, -0.1) is 11.8 Å². The smallest absolute Gasteiger partial charge is 0.0346 e. The van der Waals surface area contributed by atoms with Gasteiger partial charge < -0.3 is 0 Å². The number of hydrogen-bond donors (Lipinski definition) is 0.